The number of hydrogen-bond donors (Lipinski definition) is 0. The first-order valence-corrected chi connectivity index (χ1v) is 6.49. The molecule has 8 heteroatoms. The van der Waals surface area contributed by atoms with E-state index in [0.717, 1.165) is 6.42 Å². The van der Waals surface area contributed by atoms with Crippen molar-refractivity contribution in [1.82, 2.24) is 9.78 Å². The fourth-order valence-corrected chi connectivity index (χ4v) is 2.05. The zero-order valence-electron chi connectivity index (χ0n) is 12.3. The van der Waals surface area contributed by atoms with Gasteiger partial charge in [0, 0.05) is 14.1 Å². The van der Waals surface area contributed by atoms with E-state index < -0.39 is 10.9 Å². The van der Waals surface area contributed by atoms with Crippen molar-refractivity contribution in [3.63, 3.8) is 0 Å². The predicted octanol–water partition coefficient (Wildman–Crippen LogP) is 1.28. The van der Waals surface area contributed by atoms with E-state index in [0.29, 0.717) is 17.9 Å². The van der Waals surface area contributed by atoms with Crippen LogP contribution in [0.3, 0.4) is 0 Å². The molecule has 20 heavy (non-hydrogen) atoms. The maximum Gasteiger partial charge on any atom is 0.334 e. The van der Waals surface area contributed by atoms with Gasteiger partial charge in [-0.05, 0) is 13.3 Å². The number of hydrogen-bond acceptors (Lipinski definition) is 6. The van der Waals surface area contributed by atoms with Gasteiger partial charge in [0.25, 0.3) is 0 Å². The van der Waals surface area contributed by atoms with E-state index in [2.05, 4.69) is 5.10 Å². The SMILES string of the molecule is CCCc1nn(C)c(N(C)CC(=O)OCC)c1[N+](=O)[O-]. The summed E-state index contributed by atoms with van der Waals surface area (Å²) in [5, 5.41) is 15.4. The molecule has 0 aliphatic heterocycles. The second-order valence-corrected chi connectivity index (χ2v) is 4.41. The second kappa shape index (κ2) is 6.88. The lowest BCUT2D eigenvalue weighted by Gasteiger charge is -2.16. The summed E-state index contributed by atoms with van der Waals surface area (Å²) in [4.78, 5) is 23.8. The summed E-state index contributed by atoms with van der Waals surface area (Å²) in [5.74, 6) is -0.117. The standard InChI is InChI=1S/C12H20N4O4/c1-5-7-9-11(16(18)19)12(15(4)13-9)14(3)8-10(17)20-6-2/h5-8H2,1-4H3. The summed E-state index contributed by atoms with van der Waals surface area (Å²) < 4.78 is 6.28. The van der Waals surface area contributed by atoms with Gasteiger partial charge in [-0.25, -0.2) is 4.68 Å². The molecule has 0 unspecified atom stereocenters. The maximum atomic E-state index is 11.5. The molecular weight excluding hydrogens is 264 g/mol. The molecule has 0 N–H and O–H groups in total. The van der Waals surface area contributed by atoms with E-state index >= 15 is 0 Å². The molecule has 0 spiro atoms. The number of aromatic nitrogens is 2. The van der Waals surface area contributed by atoms with E-state index in [1.807, 2.05) is 6.92 Å². The highest BCUT2D eigenvalue weighted by atomic mass is 16.6. The van der Waals surface area contributed by atoms with Crippen molar-refractivity contribution >= 4 is 17.5 Å². The number of rotatable bonds is 7. The van der Waals surface area contributed by atoms with Crippen molar-refractivity contribution in [1.29, 1.82) is 0 Å². The Kier molecular flexibility index (Phi) is 5.48. The van der Waals surface area contributed by atoms with Crippen molar-refractivity contribution in [2.75, 3.05) is 25.1 Å². The van der Waals surface area contributed by atoms with E-state index in [1.165, 1.54) is 9.58 Å². The van der Waals surface area contributed by atoms with Crippen LogP contribution in [0, 0.1) is 10.1 Å². The quantitative estimate of drug-likeness (QED) is 0.425. The number of carbonyl (C=O) groups excluding carboxylic acids is 1. The molecule has 0 aromatic carbocycles. The normalized spacial score (nSPS) is 10.4. The summed E-state index contributed by atoms with van der Waals surface area (Å²) in [7, 11) is 3.24. The molecule has 0 amide bonds. The third kappa shape index (κ3) is 3.46. The van der Waals surface area contributed by atoms with Crippen LogP contribution >= 0.6 is 0 Å². The van der Waals surface area contributed by atoms with Crippen molar-refractivity contribution < 1.29 is 14.5 Å². The molecule has 112 valence electrons. The summed E-state index contributed by atoms with van der Waals surface area (Å²) in [6.07, 6.45) is 1.29. The van der Waals surface area contributed by atoms with Gasteiger partial charge in [0.1, 0.15) is 12.2 Å². The Morgan fingerprint density at radius 2 is 2.15 bits per heavy atom. The molecule has 1 aromatic rings. The molecule has 8 nitrogen and oxygen atoms in total. The predicted molar refractivity (Wildman–Crippen MR) is 73.8 cm³/mol. The maximum absolute atomic E-state index is 11.5. The lowest BCUT2D eigenvalue weighted by molar-refractivity contribution is -0.384. The third-order valence-corrected chi connectivity index (χ3v) is 2.76. The molecule has 0 bridgehead atoms. The molecule has 1 heterocycles. The van der Waals surface area contributed by atoms with Crippen LogP contribution in [0.4, 0.5) is 11.5 Å². The highest BCUT2D eigenvalue weighted by Crippen LogP contribution is 2.31. The van der Waals surface area contributed by atoms with Crippen molar-refractivity contribution in [3.05, 3.63) is 15.8 Å². The number of nitro groups is 1. The lowest BCUT2D eigenvalue weighted by atomic mass is 10.2. The Labute approximate surface area is 117 Å². The molecular formula is C12H20N4O4. The monoisotopic (exact) mass is 284 g/mol. The van der Waals surface area contributed by atoms with Gasteiger partial charge in [-0.1, -0.05) is 13.3 Å². The Morgan fingerprint density at radius 1 is 1.50 bits per heavy atom. The minimum Gasteiger partial charge on any atom is -0.465 e. The molecule has 0 aliphatic carbocycles. The molecule has 1 rings (SSSR count). The summed E-state index contributed by atoms with van der Waals surface area (Å²) in [6, 6.07) is 0. The molecule has 0 saturated carbocycles. The minimum absolute atomic E-state index is 0.0406. The summed E-state index contributed by atoms with van der Waals surface area (Å²) in [6.45, 7) is 3.87. The average Bonchev–Trinajstić information content (AvgIpc) is 2.66. The smallest absolute Gasteiger partial charge is 0.334 e. The van der Waals surface area contributed by atoms with Crippen LogP contribution in [-0.4, -0.2) is 40.9 Å². The van der Waals surface area contributed by atoms with Crippen LogP contribution in [0.2, 0.25) is 0 Å². The van der Waals surface area contributed by atoms with E-state index in [1.54, 1.807) is 21.0 Å². The fourth-order valence-electron chi connectivity index (χ4n) is 2.05. The number of carbonyl (C=O) groups is 1. The summed E-state index contributed by atoms with van der Waals surface area (Å²) in [5.41, 5.74) is 0.395. The number of ether oxygens (including phenoxy) is 1. The largest absolute Gasteiger partial charge is 0.465 e. The van der Waals surface area contributed by atoms with Crippen LogP contribution in [0.1, 0.15) is 26.0 Å². The molecule has 1 aromatic heterocycles. The summed E-state index contributed by atoms with van der Waals surface area (Å²) >= 11 is 0. The Morgan fingerprint density at radius 3 is 2.65 bits per heavy atom. The van der Waals surface area contributed by atoms with E-state index in [4.69, 9.17) is 4.74 Å². The molecule has 0 atom stereocenters. The first-order valence-electron chi connectivity index (χ1n) is 6.49. The molecule has 0 radical (unpaired) electrons. The van der Waals surface area contributed by atoms with Crippen LogP contribution < -0.4 is 4.90 Å². The Balaban J connectivity index is 3.09. The zero-order valence-corrected chi connectivity index (χ0v) is 12.3. The molecule has 0 aliphatic rings. The second-order valence-electron chi connectivity index (χ2n) is 4.41. The Hall–Kier alpha value is -2.12. The van der Waals surface area contributed by atoms with Gasteiger partial charge in [-0.2, -0.15) is 5.10 Å². The number of likely N-dealkylation sites (N-methyl/N-ethyl adjacent to an activating group) is 1. The third-order valence-electron chi connectivity index (χ3n) is 2.76. The fraction of sp³-hybridized carbons (Fsp3) is 0.667. The van der Waals surface area contributed by atoms with Gasteiger partial charge in [0.15, 0.2) is 0 Å². The highest BCUT2D eigenvalue weighted by molar-refractivity contribution is 5.77. The van der Waals surface area contributed by atoms with Gasteiger partial charge in [0.2, 0.25) is 5.82 Å². The molecule has 0 saturated heterocycles. The van der Waals surface area contributed by atoms with Crippen LogP contribution in [-0.2, 0) is 23.0 Å². The van der Waals surface area contributed by atoms with Crippen molar-refractivity contribution in [2.24, 2.45) is 7.05 Å². The van der Waals surface area contributed by atoms with Gasteiger partial charge >= 0.3 is 11.7 Å². The van der Waals surface area contributed by atoms with Gasteiger partial charge in [-0.3, -0.25) is 14.9 Å². The minimum atomic E-state index is -0.449. The highest BCUT2D eigenvalue weighted by Gasteiger charge is 2.29. The van der Waals surface area contributed by atoms with Crippen molar-refractivity contribution in [2.45, 2.75) is 26.7 Å². The van der Waals surface area contributed by atoms with E-state index in [-0.39, 0.29) is 18.8 Å². The van der Waals surface area contributed by atoms with Gasteiger partial charge in [-0.15, -0.1) is 0 Å². The first kappa shape index (κ1) is 15.9. The topological polar surface area (TPSA) is 90.5 Å². The van der Waals surface area contributed by atoms with Gasteiger partial charge in [0.05, 0.1) is 11.5 Å². The van der Waals surface area contributed by atoms with Crippen molar-refractivity contribution in [3.8, 4) is 0 Å². The Bertz CT molecular complexity index is 498. The average molecular weight is 284 g/mol. The first-order chi connectivity index (χ1) is 9.42. The number of nitrogens with zero attached hydrogens (tertiary/aromatic N) is 4. The number of esters is 1. The van der Waals surface area contributed by atoms with Gasteiger partial charge < -0.3 is 9.64 Å². The number of aryl methyl sites for hydroxylation is 2. The zero-order chi connectivity index (χ0) is 15.3. The van der Waals surface area contributed by atoms with Crippen LogP contribution in [0.5, 0.6) is 0 Å². The van der Waals surface area contributed by atoms with Crippen LogP contribution in [0.25, 0.3) is 0 Å². The number of anilines is 1. The van der Waals surface area contributed by atoms with E-state index in [9.17, 15) is 14.9 Å². The molecule has 0 fully saturated rings. The lowest BCUT2D eigenvalue weighted by Crippen LogP contribution is -2.29. The van der Waals surface area contributed by atoms with Crippen LogP contribution in [0.15, 0.2) is 0 Å².